The van der Waals surface area contributed by atoms with Crippen LogP contribution in [0.2, 0.25) is 10.1 Å². The van der Waals surface area contributed by atoms with Gasteiger partial charge in [0.1, 0.15) is 6.10 Å². The topological polar surface area (TPSA) is 18.5 Å². The number of hydrogen-bond acceptors (Lipinski definition) is 2. The van der Waals surface area contributed by atoms with Crippen LogP contribution in [0.4, 0.5) is 13.2 Å². The Morgan fingerprint density at radius 1 is 0.939 bits per heavy atom. The normalized spacial score (nSPS) is 20.0. The number of rotatable bonds is 6. The minimum Gasteiger partial charge on any atom is -0.389 e. The van der Waals surface area contributed by atoms with Crippen molar-refractivity contribution in [3.63, 3.8) is 0 Å². The summed E-state index contributed by atoms with van der Waals surface area (Å²) < 4.78 is 53.4. The lowest BCUT2D eigenvalue weighted by Crippen LogP contribution is -2.58. The molecule has 0 aliphatic carbocycles. The van der Waals surface area contributed by atoms with Gasteiger partial charge in [-0.15, -0.1) is 5.73 Å². The predicted molar refractivity (Wildman–Crippen MR) is 131 cm³/mol. The summed E-state index contributed by atoms with van der Waals surface area (Å²) in [6.45, 7) is 17.6. The molecular formula is C27H41F3O2Si. The highest BCUT2D eigenvalue weighted by Gasteiger charge is 2.59. The molecule has 2 rings (SSSR count). The molecule has 0 saturated carbocycles. The van der Waals surface area contributed by atoms with E-state index in [9.17, 15) is 13.2 Å². The van der Waals surface area contributed by atoms with Crippen LogP contribution in [0.3, 0.4) is 0 Å². The van der Waals surface area contributed by atoms with Gasteiger partial charge in [0.05, 0.1) is 12.2 Å². The van der Waals surface area contributed by atoms with Gasteiger partial charge in [0.25, 0.3) is 0 Å². The number of hydrogen-bond donors (Lipinski definition) is 0. The van der Waals surface area contributed by atoms with E-state index in [2.05, 4.69) is 54.2 Å². The SMILES string of the molecule is CCCCCCC1=C=C(C)CO[Si](C(C)(C)C)(C(C)(C)C)OC1c1ccc(C(F)(F)F)cc1. The standard InChI is InChI=1S/C27H41F3O2Si/c1-9-10-11-12-13-22-18-20(2)19-31-33(25(3,4)5,26(6,7)8)32-24(22)21-14-16-23(17-15-21)27(28,29)30/h14-17,24H,9-13,19H2,1-8H3. The summed E-state index contributed by atoms with van der Waals surface area (Å²) in [5, 5.41) is -0.499. The number of benzene rings is 1. The lowest BCUT2D eigenvalue weighted by molar-refractivity contribution is -0.137. The van der Waals surface area contributed by atoms with Gasteiger partial charge < -0.3 is 8.85 Å². The monoisotopic (exact) mass is 482 g/mol. The number of halogens is 3. The first-order valence-corrected chi connectivity index (χ1v) is 13.9. The van der Waals surface area contributed by atoms with E-state index in [1.807, 2.05) is 6.92 Å². The fourth-order valence-corrected chi connectivity index (χ4v) is 9.74. The first-order chi connectivity index (χ1) is 15.1. The lowest BCUT2D eigenvalue weighted by atomic mass is 9.95. The van der Waals surface area contributed by atoms with E-state index >= 15 is 0 Å². The third-order valence-corrected chi connectivity index (χ3v) is 11.3. The molecule has 33 heavy (non-hydrogen) atoms. The maximum Gasteiger partial charge on any atom is 0.416 e. The largest absolute Gasteiger partial charge is 0.416 e. The second-order valence-electron chi connectivity index (χ2n) is 11.3. The van der Waals surface area contributed by atoms with E-state index in [0.717, 1.165) is 60.9 Å². The van der Waals surface area contributed by atoms with Crippen molar-refractivity contribution in [3.05, 3.63) is 52.3 Å². The minimum absolute atomic E-state index is 0.250. The van der Waals surface area contributed by atoms with Crippen LogP contribution in [0.15, 0.2) is 41.1 Å². The van der Waals surface area contributed by atoms with Crippen LogP contribution in [-0.2, 0) is 15.0 Å². The zero-order chi connectivity index (χ0) is 25.1. The highest BCUT2D eigenvalue weighted by Crippen LogP contribution is 2.55. The molecule has 0 spiro atoms. The molecule has 1 aromatic carbocycles. The molecule has 6 heteroatoms. The van der Waals surface area contributed by atoms with Crippen LogP contribution in [0, 0.1) is 0 Å². The molecule has 1 aliphatic heterocycles. The van der Waals surface area contributed by atoms with E-state index in [0.29, 0.717) is 6.61 Å². The van der Waals surface area contributed by atoms with Crippen LogP contribution in [0.5, 0.6) is 0 Å². The third kappa shape index (κ3) is 6.63. The zero-order valence-electron chi connectivity index (χ0n) is 21.6. The Hall–Kier alpha value is -1.33. The zero-order valence-corrected chi connectivity index (χ0v) is 22.6. The Morgan fingerprint density at radius 2 is 1.52 bits per heavy atom. The summed E-state index contributed by atoms with van der Waals surface area (Å²) >= 11 is 0. The van der Waals surface area contributed by atoms with Gasteiger partial charge in [-0.25, -0.2) is 0 Å². The highest BCUT2D eigenvalue weighted by molar-refractivity contribution is 6.73. The van der Waals surface area contributed by atoms with Gasteiger partial charge in [-0.1, -0.05) is 79.9 Å². The molecule has 0 fully saturated rings. The van der Waals surface area contributed by atoms with Crippen LogP contribution in [-0.4, -0.2) is 15.2 Å². The maximum absolute atomic E-state index is 13.2. The molecule has 0 aromatic heterocycles. The van der Waals surface area contributed by atoms with Crippen molar-refractivity contribution in [1.82, 2.24) is 0 Å². The molecule has 1 unspecified atom stereocenters. The Morgan fingerprint density at radius 3 is 2.00 bits per heavy atom. The van der Waals surface area contributed by atoms with Crippen LogP contribution >= 0.6 is 0 Å². The average molecular weight is 483 g/mol. The molecule has 186 valence electrons. The van der Waals surface area contributed by atoms with Crippen LogP contribution < -0.4 is 0 Å². The molecule has 0 saturated heterocycles. The molecule has 1 aliphatic rings. The van der Waals surface area contributed by atoms with Crippen molar-refractivity contribution in [2.75, 3.05) is 6.61 Å². The second-order valence-corrected chi connectivity index (χ2v) is 16.0. The van der Waals surface area contributed by atoms with E-state index < -0.39 is 26.4 Å². The summed E-state index contributed by atoms with van der Waals surface area (Å²) in [5.74, 6) is 0. The van der Waals surface area contributed by atoms with Gasteiger partial charge in [-0.3, -0.25) is 0 Å². The third-order valence-electron chi connectivity index (χ3n) is 6.28. The van der Waals surface area contributed by atoms with Crippen molar-refractivity contribution in [2.45, 2.75) is 110 Å². The molecular weight excluding hydrogens is 441 g/mol. The van der Waals surface area contributed by atoms with E-state index in [1.54, 1.807) is 12.1 Å². The van der Waals surface area contributed by atoms with Crippen molar-refractivity contribution in [2.24, 2.45) is 0 Å². The molecule has 0 N–H and O–H groups in total. The molecule has 1 aromatic rings. The molecule has 1 heterocycles. The van der Waals surface area contributed by atoms with E-state index in [-0.39, 0.29) is 10.1 Å². The molecule has 2 nitrogen and oxygen atoms in total. The highest BCUT2D eigenvalue weighted by atomic mass is 28.4. The summed E-state index contributed by atoms with van der Waals surface area (Å²) in [6.07, 6.45) is 0.380. The Kier molecular flexibility index (Phi) is 8.89. The maximum atomic E-state index is 13.2. The minimum atomic E-state index is -4.37. The molecule has 0 radical (unpaired) electrons. The molecule has 0 bridgehead atoms. The van der Waals surface area contributed by atoms with E-state index in [4.69, 9.17) is 8.85 Å². The number of unbranched alkanes of at least 4 members (excludes halogenated alkanes) is 3. The lowest BCUT2D eigenvalue weighted by Gasteiger charge is -2.51. The second kappa shape index (κ2) is 10.5. The van der Waals surface area contributed by atoms with Gasteiger partial charge in [-0.2, -0.15) is 13.2 Å². The van der Waals surface area contributed by atoms with Gasteiger partial charge >= 0.3 is 14.7 Å². The fourth-order valence-electron chi connectivity index (χ4n) is 4.82. The van der Waals surface area contributed by atoms with Crippen molar-refractivity contribution >= 4 is 8.56 Å². The number of alkyl halides is 3. The predicted octanol–water partition coefficient (Wildman–Crippen LogP) is 9.28. The van der Waals surface area contributed by atoms with Crippen LogP contribution in [0.1, 0.15) is 105 Å². The van der Waals surface area contributed by atoms with E-state index in [1.165, 1.54) is 0 Å². The average Bonchev–Trinajstić information content (AvgIpc) is 2.67. The molecule has 0 amide bonds. The molecule has 1 atom stereocenters. The van der Waals surface area contributed by atoms with Gasteiger partial charge in [0.2, 0.25) is 0 Å². The summed E-state index contributed by atoms with van der Waals surface area (Å²) in [5.41, 5.74) is 5.61. The van der Waals surface area contributed by atoms with Gasteiger partial charge in [-0.05, 0) is 43.0 Å². The van der Waals surface area contributed by atoms with Gasteiger partial charge in [0, 0.05) is 15.6 Å². The van der Waals surface area contributed by atoms with Crippen LogP contribution in [0.25, 0.3) is 0 Å². The Bertz CT molecular complexity index is 837. The quantitative estimate of drug-likeness (QED) is 0.228. The fraction of sp³-hybridized carbons (Fsp3) is 0.667. The smallest absolute Gasteiger partial charge is 0.389 e. The Balaban J connectivity index is 2.63. The van der Waals surface area contributed by atoms with Crippen molar-refractivity contribution in [3.8, 4) is 0 Å². The first-order valence-electron chi connectivity index (χ1n) is 12.1. The van der Waals surface area contributed by atoms with Crippen molar-refractivity contribution < 1.29 is 22.0 Å². The van der Waals surface area contributed by atoms with Gasteiger partial charge in [0.15, 0.2) is 0 Å². The Labute approximate surface area is 199 Å². The summed E-state index contributed by atoms with van der Waals surface area (Å²) in [7, 11) is -2.91. The first kappa shape index (κ1) is 27.9. The van der Waals surface area contributed by atoms with Crippen molar-refractivity contribution in [1.29, 1.82) is 0 Å². The summed E-state index contributed by atoms with van der Waals surface area (Å²) in [4.78, 5) is 0. The summed E-state index contributed by atoms with van der Waals surface area (Å²) in [6, 6.07) is 5.42.